The molecule has 0 amide bonds. The summed E-state index contributed by atoms with van der Waals surface area (Å²) in [7, 11) is 1.76. The molecule has 2 aromatic heterocycles. The predicted octanol–water partition coefficient (Wildman–Crippen LogP) is 1.76. The maximum Gasteiger partial charge on any atom is 0.330 e. The second-order valence-corrected chi connectivity index (χ2v) is 3.79. The molecule has 0 N–H and O–H groups in total. The lowest BCUT2D eigenvalue weighted by atomic mass is 10.5. The zero-order valence-electron chi connectivity index (χ0n) is 10.2. The molecular formula is C10H12ClN5O2. The van der Waals surface area contributed by atoms with Crippen molar-refractivity contribution in [1.82, 2.24) is 24.7 Å². The van der Waals surface area contributed by atoms with Gasteiger partial charge in [0.2, 0.25) is 11.2 Å². The van der Waals surface area contributed by atoms with E-state index in [4.69, 9.17) is 21.1 Å². The highest BCUT2D eigenvalue weighted by Crippen LogP contribution is 2.20. The minimum absolute atomic E-state index is 0.0161. The molecule has 0 aliphatic rings. The largest absolute Gasteiger partial charge is 0.464 e. The van der Waals surface area contributed by atoms with Gasteiger partial charge >= 0.3 is 12.0 Å². The minimum Gasteiger partial charge on any atom is -0.464 e. The second-order valence-electron chi connectivity index (χ2n) is 3.45. The highest BCUT2D eigenvalue weighted by molar-refractivity contribution is 6.28. The van der Waals surface area contributed by atoms with Crippen LogP contribution in [0, 0.1) is 6.92 Å². The Labute approximate surface area is 109 Å². The minimum atomic E-state index is 0.0161. The van der Waals surface area contributed by atoms with E-state index >= 15 is 0 Å². The van der Waals surface area contributed by atoms with Crippen molar-refractivity contribution >= 4 is 11.6 Å². The van der Waals surface area contributed by atoms with Crippen molar-refractivity contribution in [2.75, 3.05) is 6.61 Å². The highest BCUT2D eigenvalue weighted by atomic mass is 35.5. The van der Waals surface area contributed by atoms with Gasteiger partial charge in [-0.05, 0) is 25.4 Å². The van der Waals surface area contributed by atoms with E-state index in [1.54, 1.807) is 17.8 Å². The van der Waals surface area contributed by atoms with Crippen molar-refractivity contribution < 1.29 is 9.47 Å². The predicted molar refractivity (Wildman–Crippen MR) is 64.0 cm³/mol. The van der Waals surface area contributed by atoms with Gasteiger partial charge in [-0.25, -0.2) is 4.68 Å². The molecule has 0 bridgehead atoms. The second kappa shape index (κ2) is 5.18. The molecule has 2 heterocycles. The Morgan fingerprint density at radius 2 is 2.00 bits per heavy atom. The fourth-order valence-corrected chi connectivity index (χ4v) is 1.47. The molecule has 0 aliphatic heterocycles. The molecule has 0 atom stereocenters. The zero-order chi connectivity index (χ0) is 13.1. The molecule has 7 nitrogen and oxygen atoms in total. The van der Waals surface area contributed by atoms with Crippen LogP contribution in [0.5, 0.6) is 17.9 Å². The van der Waals surface area contributed by atoms with Crippen LogP contribution in [0.25, 0.3) is 0 Å². The Kier molecular flexibility index (Phi) is 3.61. The van der Waals surface area contributed by atoms with Gasteiger partial charge in [0.1, 0.15) is 0 Å². The molecule has 8 heteroatoms. The van der Waals surface area contributed by atoms with Gasteiger partial charge in [-0.3, -0.25) is 0 Å². The van der Waals surface area contributed by atoms with Crippen molar-refractivity contribution in [3.8, 4) is 17.9 Å². The summed E-state index contributed by atoms with van der Waals surface area (Å²) >= 11 is 5.75. The smallest absolute Gasteiger partial charge is 0.330 e. The molecule has 0 spiro atoms. The Hall–Kier alpha value is -1.89. The van der Waals surface area contributed by atoms with Gasteiger partial charge in [0, 0.05) is 13.1 Å². The van der Waals surface area contributed by atoms with E-state index in [1.807, 2.05) is 13.8 Å². The fourth-order valence-electron chi connectivity index (χ4n) is 1.33. The number of aromatic nitrogens is 5. The molecule has 0 unspecified atom stereocenters. The normalized spacial score (nSPS) is 10.4. The molecule has 96 valence electrons. The molecule has 0 fully saturated rings. The summed E-state index contributed by atoms with van der Waals surface area (Å²) in [5.74, 6) is 0.511. The van der Waals surface area contributed by atoms with Crippen LogP contribution in [0.15, 0.2) is 6.07 Å². The summed E-state index contributed by atoms with van der Waals surface area (Å²) in [5.41, 5.74) is 0.831. The van der Waals surface area contributed by atoms with E-state index in [0.29, 0.717) is 12.5 Å². The maximum atomic E-state index is 5.75. The third-order valence-corrected chi connectivity index (χ3v) is 2.16. The molecule has 0 aromatic carbocycles. The van der Waals surface area contributed by atoms with Gasteiger partial charge in [0.05, 0.1) is 12.3 Å². The summed E-state index contributed by atoms with van der Waals surface area (Å²) in [5, 5.41) is 4.16. The summed E-state index contributed by atoms with van der Waals surface area (Å²) in [6.45, 7) is 4.12. The van der Waals surface area contributed by atoms with E-state index in [2.05, 4.69) is 20.1 Å². The van der Waals surface area contributed by atoms with Gasteiger partial charge in [-0.1, -0.05) is 0 Å². The molecule has 0 saturated carbocycles. The molecule has 18 heavy (non-hydrogen) atoms. The van der Waals surface area contributed by atoms with Gasteiger partial charge in [0.15, 0.2) is 0 Å². The molecule has 2 rings (SSSR count). The zero-order valence-corrected chi connectivity index (χ0v) is 11.0. The number of hydrogen-bond acceptors (Lipinski definition) is 6. The number of aryl methyl sites for hydroxylation is 2. The average molecular weight is 270 g/mol. The lowest BCUT2D eigenvalue weighted by molar-refractivity contribution is 0.300. The van der Waals surface area contributed by atoms with Crippen molar-refractivity contribution in [2.24, 2.45) is 7.05 Å². The highest BCUT2D eigenvalue weighted by Gasteiger charge is 2.10. The van der Waals surface area contributed by atoms with Crippen molar-refractivity contribution in [2.45, 2.75) is 13.8 Å². The topological polar surface area (TPSA) is 75.0 Å². The molecule has 0 radical (unpaired) electrons. The van der Waals surface area contributed by atoms with Crippen molar-refractivity contribution in [1.29, 1.82) is 0 Å². The van der Waals surface area contributed by atoms with Crippen LogP contribution in [0.3, 0.4) is 0 Å². The van der Waals surface area contributed by atoms with E-state index < -0.39 is 0 Å². The van der Waals surface area contributed by atoms with Gasteiger partial charge in [-0.2, -0.15) is 15.1 Å². The Balaban J connectivity index is 2.25. The van der Waals surface area contributed by atoms with Gasteiger partial charge < -0.3 is 9.47 Å². The monoisotopic (exact) mass is 269 g/mol. The number of ether oxygens (including phenoxy) is 2. The fraction of sp³-hybridized carbons (Fsp3) is 0.400. The lowest BCUT2D eigenvalue weighted by Gasteiger charge is -2.05. The standard InChI is InChI=1S/C10H12ClN5O2/c1-4-17-9-12-8(11)13-10(14-9)18-7-5-6(2)15-16(7)3/h5H,4H2,1-3H3. The van der Waals surface area contributed by atoms with Gasteiger partial charge in [-0.15, -0.1) is 4.98 Å². The van der Waals surface area contributed by atoms with Crippen LogP contribution >= 0.6 is 11.6 Å². The third kappa shape index (κ3) is 2.86. The van der Waals surface area contributed by atoms with Crippen molar-refractivity contribution in [3.05, 3.63) is 17.0 Å². The van der Waals surface area contributed by atoms with Crippen molar-refractivity contribution in [3.63, 3.8) is 0 Å². The number of rotatable bonds is 4. The Morgan fingerprint density at radius 3 is 2.61 bits per heavy atom. The number of hydrogen-bond donors (Lipinski definition) is 0. The molecule has 0 aliphatic carbocycles. The maximum absolute atomic E-state index is 5.75. The van der Waals surface area contributed by atoms with Crippen LogP contribution in [0.1, 0.15) is 12.6 Å². The third-order valence-electron chi connectivity index (χ3n) is 2.00. The molecule has 0 saturated heterocycles. The summed E-state index contributed by atoms with van der Waals surface area (Å²) in [4.78, 5) is 11.6. The lowest BCUT2D eigenvalue weighted by Crippen LogP contribution is -2.03. The molecule has 2 aromatic rings. The van der Waals surface area contributed by atoms with Crippen LogP contribution in [0.2, 0.25) is 5.28 Å². The average Bonchev–Trinajstić information content (AvgIpc) is 2.57. The quantitative estimate of drug-likeness (QED) is 0.842. The first kappa shape index (κ1) is 12.6. The first-order chi connectivity index (χ1) is 8.58. The van der Waals surface area contributed by atoms with Crippen LogP contribution in [-0.2, 0) is 7.05 Å². The summed E-state index contributed by atoms with van der Waals surface area (Å²) in [6, 6.07) is 1.96. The first-order valence-corrected chi connectivity index (χ1v) is 5.69. The number of nitrogens with zero attached hydrogens (tertiary/aromatic N) is 5. The van der Waals surface area contributed by atoms with Crippen LogP contribution < -0.4 is 9.47 Å². The van der Waals surface area contributed by atoms with Crippen LogP contribution in [-0.4, -0.2) is 31.3 Å². The van der Waals surface area contributed by atoms with E-state index in [9.17, 15) is 0 Å². The van der Waals surface area contributed by atoms with E-state index in [0.717, 1.165) is 5.69 Å². The Morgan fingerprint density at radius 1 is 1.28 bits per heavy atom. The molecular weight excluding hydrogens is 258 g/mol. The SMILES string of the molecule is CCOc1nc(Cl)nc(Oc2cc(C)nn2C)n1. The Bertz CT molecular complexity index is 557. The van der Waals surface area contributed by atoms with Gasteiger partial charge in [0.25, 0.3) is 0 Å². The summed E-state index contributed by atoms with van der Waals surface area (Å²) in [6.07, 6.45) is 0. The first-order valence-electron chi connectivity index (χ1n) is 5.31. The van der Waals surface area contributed by atoms with E-state index in [-0.39, 0.29) is 17.3 Å². The van der Waals surface area contributed by atoms with Crippen LogP contribution in [0.4, 0.5) is 0 Å². The number of halogens is 1. The van der Waals surface area contributed by atoms with E-state index in [1.165, 1.54) is 0 Å². The summed E-state index contributed by atoms with van der Waals surface area (Å²) < 4.78 is 12.2.